The number of nitro benzene ring substituents is 1. The maximum absolute atomic E-state index is 13.2. The number of anilines is 1. The summed E-state index contributed by atoms with van der Waals surface area (Å²) in [7, 11) is 1.71. The van der Waals surface area contributed by atoms with Gasteiger partial charge in [-0.2, -0.15) is 0 Å². The van der Waals surface area contributed by atoms with Crippen LogP contribution in [0.1, 0.15) is 5.56 Å². The average molecular weight is 356 g/mol. The van der Waals surface area contributed by atoms with Crippen LogP contribution < -0.4 is 10.1 Å². The first-order valence-electron chi connectivity index (χ1n) is 5.90. The third-order valence-electron chi connectivity index (χ3n) is 2.69. The van der Waals surface area contributed by atoms with E-state index in [1.54, 1.807) is 25.4 Å². The Kier molecular flexibility index (Phi) is 4.69. The van der Waals surface area contributed by atoms with Crippen LogP contribution in [0.5, 0.6) is 5.75 Å². The molecule has 0 aliphatic carbocycles. The topological polar surface area (TPSA) is 77.3 Å². The first-order chi connectivity index (χ1) is 10.0. The van der Waals surface area contributed by atoms with E-state index in [0.717, 1.165) is 17.7 Å². The Morgan fingerprint density at radius 3 is 2.95 bits per heavy atom. The third kappa shape index (κ3) is 3.46. The molecule has 0 saturated heterocycles. The van der Waals surface area contributed by atoms with Crippen molar-refractivity contribution in [1.82, 2.24) is 4.98 Å². The Balaban J connectivity index is 2.30. The van der Waals surface area contributed by atoms with Crippen molar-refractivity contribution in [3.05, 3.63) is 56.4 Å². The molecule has 110 valence electrons. The largest absolute Gasteiger partial charge is 0.481 e. The van der Waals surface area contributed by atoms with Gasteiger partial charge in [-0.15, -0.1) is 0 Å². The molecule has 0 aliphatic rings. The molecule has 1 heterocycles. The molecule has 0 spiro atoms. The lowest BCUT2D eigenvalue weighted by Gasteiger charge is -2.11. The van der Waals surface area contributed by atoms with E-state index in [2.05, 4.69) is 26.2 Å². The molecule has 6 nitrogen and oxygen atoms in total. The van der Waals surface area contributed by atoms with Gasteiger partial charge in [0.1, 0.15) is 18.2 Å². The van der Waals surface area contributed by atoms with Gasteiger partial charge in [-0.25, -0.2) is 9.37 Å². The predicted octanol–water partition coefficient (Wildman–Crippen LogP) is 3.51. The fourth-order valence-corrected chi connectivity index (χ4v) is 2.29. The minimum absolute atomic E-state index is 0.0210. The molecule has 2 aromatic rings. The second-order valence-electron chi connectivity index (χ2n) is 4.04. The standard InChI is InChI=1S/C13H11BrFN3O3/c1-16-13-8(3-2-4-17-13)7-21-12-10(14)5-9(15)6-11(12)18(19)20/h2-6H,7H2,1H3,(H,16,17). The summed E-state index contributed by atoms with van der Waals surface area (Å²) in [5.41, 5.74) is 0.294. The molecule has 0 bridgehead atoms. The summed E-state index contributed by atoms with van der Waals surface area (Å²) in [6, 6.07) is 5.45. The second-order valence-corrected chi connectivity index (χ2v) is 4.90. The number of ether oxygens (including phenoxy) is 1. The van der Waals surface area contributed by atoms with Crippen molar-refractivity contribution in [2.24, 2.45) is 0 Å². The number of halogens is 2. The SMILES string of the molecule is CNc1ncccc1COc1c(Br)cc(F)cc1[N+](=O)[O-]. The first-order valence-corrected chi connectivity index (χ1v) is 6.70. The van der Waals surface area contributed by atoms with Crippen molar-refractivity contribution in [3.63, 3.8) is 0 Å². The van der Waals surface area contributed by atoms with Gasteiger partial charge >= 0.3 is 5.69 Å². The van der Waals surface area contributed by atoms with Gasteiger partial charge < -0.3 is 10.1 Å². The number of aromatic nitrogens is 1. The van der Waals surface area contributed by atoms with Crippen molar-refractivity contribution in [1.29, 1.82) is 0 Å². The quantitative estimate of drug-likeness (QED) is 0.655. The van der Waals surface area contributed by atoms with E-state index in [-0.39, 0.29) is 16.8 Å². The minimum Gasteiger partial charge on any atom is -0.481 e. The lowest BCUT2D eigenvalue weighted by atomic mass is 10.2. The highest BCUT2D eigenvalue weighted by Crippen LogP contribution is 2.36. The molecule has 0 radical (unpaired) electrons. The van der Waals surface area contributed by atoms with Crippen LogP contribution in [0.2, 0.25) is 0 Å². The maximum Gasteiger partial charge on any atom is 0.315 e. The van der Waals surface area contributed by atoms with Crippen molar-refractivity contribution >= 4 is 27.4 Å². The van der Waals surface area contributed by atoms with Crippen LogP contribution in [-0.4, -0.2) is 17.0 Å². The van der Waals surface area contributed by atoms with Gasteiger partial charge in [0, 0.05) is 18.8 Å². The fraction of sp³-hybridized carbons (Fsp3) is 0.154. The van der Waals surface area contributed by atoms with Gasteiger partial charge in [-0.3, -0.25) is 10.1 Å². The summed E-state index contributed by atoms with van der Waals surface area (Å²) in [6.07, 6.45) is 1.62. The Bertz CT molecular complexity index is 682. The van der Waals surface area contributed by atoms with E-state index < -0.39 is 16.4 Å². The summed E-state index contributed by atoms with van der Waals surface area (Å²) < 4.78 is 18.9. The molecule has 0 unspecified atom stereocenters. The molecule has 2 rings (SSSR count). The number of nitrogens with zero attached hydrogens (tertiary/aromatic N) is 2. The van der Waals surface area contributed by atoms with Gasteiger partial charge in [-0.1, -0.05) is 6.07 Å². The zero-order chi connectivity index (χ0) is 15.4. The van der Waals surface area contributed by atoms with Crippen LogP contribution in [0.15, 0.2) is 34.9 Å². The molecular weight excluding hydrogens is 345 g/mol. The van der Waals surface area contributed by atoms with Gasteiger partial charge in [0.15, 0.2) is 0 Å². The molecular formula is C13H11BrFN3O3. The number of pyridine rings is 1. The van der Waals surface area contributed by atoms with Crippen LogP contribution >= 0.6 is 15.9 Å². The number of nitro groups is 1. The van der Waals surface area contributed by atoms with Crippen LogP contribution in [0, 0.1) is 15.9 Å². The molecule has 0 fully saturated rings. The zero-order valence-corrected chi connectivity index (χ0v) is 12.6. The molecule has 0 atom stereocenters. The van der Waals surface area contributed by atoms with Crippen LogP contribution in [0.3, 0.4) is 0 Å². The van der Waals surface area contributed by atoms with Crippen LogP contribution in [0.4, 0.5) is 15.9 Å². The Morgan fingerprint density at radius 1 is 1.52 bits per heavy atom. The summed E-state index contributed by atoms with van der Waals surface area (Å²) >= 11 is 3.07. The van der Waals surface area contributed by atoms with Gasteiger partial charge in [0.05, 0.1) is 15.5 Å². The molecule has 21 heavy (non-hydrogen) atoms. The molecule has 1 N–H and O–H groups in total. The average Bonchev–Trinajstić information content (AvgIpc) is 2.45. The number of hydrogen-bond donors (Lipinski definition) is 1. The summed E-state index contributed by atoms with van der Waals surface area (Å²) in [4.78, 5) is 14.4. The summed E-state index contributed by atoms with van der Waals surface area (Å²) in [5.74, 6) is -0.121. The Hall–Kier alpha value is -2.22. The molecule has 0 saturated carbocycles. The van der Waals surface area contributed by atoms with E-state index in [0.29, 0.717) is 5.82 Å². The van der Waals surface area contributed by atoms with Gasteiger partial charge in [-0.05, 0) is 28.1 Å². The highest BCUT2D eigenvalue weighted by molar-refractivity contribution is 9.10. The number of nitrogens with one attached hydrogen (secondary N) is 1. The van der Waals surface area contributed by atoms with Gasteiger partial charge in [0.25, 0.3) is 0 Å². The number of benzene rings is 1. The van der Waals surface area contributed by atoms with E-state index in [4.69, 9.17) is 4.74 Å². The van der Waals surface area contributed by atoms with Crippen molar-refractivity contribution in [3.8, 4) is 5.75 Å². The minimum atomic E-state index is -0.710. The molecule has 1 aromatic heterocycles. The molecule has 8 heteroatoms. The Labute approximate surface area is 128 Å². The monoisotopic (exact) mass is 355 g/mol. The highest BCUT2D eigenvalue weighted by Gasteiger charge is 2.21. The highest BCUT2D eigenvalue weighted by atomic mass is 79.9. The van der Waals surface area contributed by atoms with Crippen molar-refractivity contribution in [2.45, 2.75) is 6.61 Å². The van der Waals surface area contributed by atoms with Crippen molar-refractivity contribution < 1.29 is 14.1 Å². The maximum atomic E-state index is 13.2. The van der Waals surface area contributed by atoms with E-state index >= 15 is 0 Å². The lowest BCUT2D eigenvalue weighted by Crippen LogP contribution is -2.04. The van der Waals surface area contributed by atoms with E-state index in [9.17, 15) is 14.5 Å². The van der Waals surface area contributed by atoms with Crippen LogP contribution in [0.25, 0.3) is 0 Å². The van der Waals surface area contributed by atoms with E-state index in [1.807, 2.05) is 0 Å². The normalized spacial score (nSPS) is 10.2. The zero-order valence-electron chi connectivity index (χ0n) is 11.0. The lowest BCUT2D eigenvalue weighted by molar-refractivity contribution is -0.386. The summed E-state index contributed by atoms with van der Waals surface area (Å²) in [6.45, 7) is 0.0646. The van der Waals surface area contributed by atoms with Crippen molar-refractivity contribution in [2.75, 3.05) is 12.4 Å². The summed E-state index contributed by atoms with van der Waals surface area (Å²) in [5, 5.41) is 13.9. The third-order valence-corrected chi connectivity index (χ3v) is 3.27. The van der Waals surface area contributed by atoms with Gasteiger partial charge in [0.2, 0.25) is 5.75 Å². The predicted molar refractivity (Wildman–Crippen MR) is 78.9 cm³/mol. The van der Waals surface area contributed by atoms with E-state index in [1.165, 1.54) is 0 Å². The molecule has 0 amide bonds. The molecule has 0 aliphatic heterocycles. The van der Waals surface area contributed by atoms with Crippen LogP contribution in [-0.2, 0) is 6.61 Å². The number of rotatable bonds is 5. The number of hydrogen-bond acceptors (Lipinski definition) is 5. The fourth-order valence-electron chi connectivity index (χ4n) is 1.76. The first kappa shape index (κ1) is 15.2. The second kappa shape index (κ2) is 6.49. The molecule has 1 aromatic carbocycles. The Morgan fingerprint density at radius 2 is 2.29 bits per heavy atom. The smallest absolute Gasteiger partial charge is 0.315 e.